The zero-order chi connectivity index (χ0) is 7.84. The minimum atomic E-state index is 0.147. The molecule has 2 aliphatic rings. The highest BCUT2D eigenvalue weighted by Gasteiger charge is 2.34. The summed E-state index contributed by atoms with van der Waals surface area (Å²) in [6, 6.07) is 0. The second kappa shape index (κ2) is 2.32. The van der Waals surface area contributed by atoms with E-state index in [1.165, 1.54) is 17.9 Å². The first kappa shape index (κ1) is 6.83. The van der Waals surface area contributed by atoms with Gasteiger partial charge in [0.05, 0.1) is 11.6 Å². The molecule has 0 radical (unpaired) electrons. The molecule has 0 unspecified atom stereocenters. The van der Waals surface area contributed by atoms with Gasteiger partial charge < -0.3 is 0 Å². The molecule has 0 N–H and O–H groups in total. The third-order valence-corrected chi connectivity index (χ3v) is 2.47. The van der Waals surface area contributed by atoms with E-state index < -0.39 is 0 Å². The van der Waals surface area contributed by atoms with E-state index in [9.17, 15) is 4.79 Å². The Kier molecular flexibility index (Phi) is 1.44. The fraction of sp³-hybridized carbons (Fsp3) is 0.750. The summed E-state index contributed by atoms with van der Waals surface area (Å²) in [6.45, 7) is 0. The standard InChI is InChI=1S/C8H12N2O/c1-10-8(11)6-4-2-3-5-7(6)9-10/h6H,2-5H2,1H3/t6-/m0/s1. The largest absolute Gasteiger partial charge is 0.272 e. The Bertz CT molecular complexity index is 222. The second-order valence-electron chi connectivity index (χ2n) is 3.25. The molecule has 11 heavy (non-hydrogen) atoms. The maximum Gasteiger partial charge on any atom is 0.251 e. The molecule has 0 aromatic rings. The van der Waals surface area contributed by atoms with Gasteiger partial charge >= 0.3 is 0 Å². The topological polar surface area (TPSA) is 32.7 Å². The number of amides is 1. The summed E-state index contributed by atoms with van der Waals surface area (Å²) in [6.07, 6.45) is 4.43. The molecule has 2 rings (SSSR count). The summed E-state index contributed by atoms with van der Waals surface area (Å²) in [4.78, 5) is 11.4. The van der Waals surface area contributed by atoms with Crippen molar-refractivity contribution in [2.75, 3.05) is 7.05 Å². The highest BCUT2D eigenvalue weighted by atomic mass is 16.2. The minimum Gasteiger partial charge on any atom is -0.272 e. The third kappa shape index (κ3) is 0.951. The molecule has 1 heterocycles. The number of rotatable bonds is 0. The van der Waals surface area contributed by atoms with Crippen LogP contribution in [0.25, 0.3) is 0 Å². The fourth-order valence-electron chi connectivity index (χ4n) is 1.85. The molecule has 0 bridgehead atoms. The number of hydrazone groups is 1. The molecule has 3 heteroatoms. The number of carbonyl (C=O) groups excluding carboxylic acids is 1. The lowest BCUT2D eigenvalue weighted by Gasteiger charge is -2.15. The lowest BCUT2D eigenvalue weighted by atomic mass is 9.87. The van der Waals surface area contributed by atoms with Crippen LogP contribution in [0, 0.1) is 5.92 Å². The van der Waals surface area contributed by atoms with Crippen molar-refractivity contribution in [3.63, 3.8) is 0 Å². The first-order valence-corrected chi connectivity index (χ1v) is 4.14. The molecule has 60 valence electrons. The summed E-state index contributed by atoms with van der Waals surface area (Å²) in [7, 11) is 1.74. The van der Waals surface area contributed by atoms with Gasteiger partial charge in [-0.3, -0.25) is 4.79 Å². The van der Waals surface area contributed by atoms with Gasteiger partial charge in [-0.15, -0.1) is 0 Å². The summed E-state index contributed by atoms with van der Waals surface area (Å²) in [5, 5.41) is 5.68. The van der Waals surface area contributed by atoms with Crippen LogP contribution in [0.15, 0.2) is 5.10 Å². The van der Waals surface area contributed by atoms with Crippen LogP contribution in [0.1, 0.15) is 25.7 Å². The monoisotopic (exact) mass is 152 g/mol. The van der Waals surface area contributed by atoms with Crippen LogP contribution in [-0.2, 0) is 4.79 Å². The second-order valence-corrected chi connectivity index (χ2v) is 3.25. The Morgan fingerprint density at radius 3 is 3.09 bits per heavy atom. The molecule has 3 nitrogen and oxygen atoms in total. The van der Waals surface area contributed by atoms with Gasteiger partial charge in [0.2, 0.25) is 0 Å². The molecule has 1 atom stereocenters. The summed E-state index contributed by atoms with van der Waals surface area (Å²) in [5.41, 5.74) is 1.11. The van der Waals surface area contributed by atoms with Gasteiger partial charge in [-0.05, 0) is 19.3 Å². The van der Waals surface area contributed by atoms with Crippen molar-refractivity contribution < 1.29 is 4.79 Å². The molecular formula is C8H12N2O. The van der Waals surface area contributed by atoms with Crippen LogP contribution in [-0.4, -0.2) is 23.7 Å². The van der Waals surface area contributed by atoms with Gasteiger partial charge in [0.25, 0.3) is 5.91 Å². The van der Waals surface area contributed by atoms with Gasteiger partial charge in [-0.25, -0.2) is 5.01 Å². The highest BCUT2D eigenvalue weighted by Crippen LogP contribution is 2.27. The van der Waals surface area contributed by atoms with Crippen LogP contribution in [0.2, 0.25) is 0 Å². The Hall–Kier alpha value is -0.860. The van der Waals surface area contributed by atoms with Gasteiger partial charge in [0, 0.05) is 7.05 Å². The number of hydrogen-bond acceptors (Lipinski definition) is 2. The number of nitrogens with zero attached hydrogens (tertiary/aromatic N) is 2. The first-order valence-electron chi connectivity index (χ1n) is 4.14. The van der Waals surface area contributed by atoms with Gasteiger partial charge in [-0.1, -0.05) is 6.42 Å². The lowest BCUT2D eigenvalue weighted by Crippen LogP contribution is -2.26. The van der Waals surface area contributed by atoms with Crippen LogP contribution in [0.4, 0.5) is 0 Å². The molecule has 0 spiro atoms. The Labute approximate surface area is 66.1 Å². The van der Waals surface area contributed by atoms with Crippen molar-refractivity contribution in [3.05, 3.63) is 0 Å². The SMILES string of the molecule is CN1N=C2CCCC[C@@H]2C1=O. The zero-order valence-corrected chi connectivity index (χ0v) is 6.71. The highest BCUT2D eigenvalue weighted by molar-refractivity contribution is 6.08. The van der Waals surface area contributed by atoms with Crippen molar-refractivity contribution in [2.24, 2.45) is 11.0 Å². The predicted molar refractivity (Wildman–Crippen MR) is 42.2 cm³/mol. The molecule has 1 fully saturated rings. The van der Waals surface area contributed by atoms with Crippen molar-refractivity contribution in [3.8, 4) is 0 Å². The molecule has 0 aromatic carbocycles. The van der Waals surface area contributed by atoms with Crippen molar-refractivity contribution in [1.29, 1.82) is 0 Å². The Balaban J connectivity index is 2.22. The maximum atomic E-state index is 11.4. The molecule has 1 saturated carbocycles. The molecule has 0 aromatic heterocycles. The lowest BCUT2D eigenvalue weighted by molar-refractivity contribution is -0.130. The number of fused-ring (bicyclic) bond motifs is 1. The van der Waals surface area contributed by atoms with Gasteiger partial charge in [0.1, 0.15) is 0 Å². The first-order chi connectivity index (χ1) is 5.29. The van der Waals surface area contributed by atoms with Crippen LogP contribution in [0.3, 0.4) is 0 Å². The number of hydrogen-bond donors (Lipinski definition) is 0. The maximum absolute atomic E-state index is 11.4. The van der Waals surface area contributed by atoms with E-state index in [1.54, 1.807) is 7.05 Å². The third-order valence-electron chi connectivity index (χ3n) is 2.47. The molecular weight excluding hydrogens is 140 g/mol. The molecule has 1 amide bonds. The summed E-state index contributed by atoms with van der Waals surface area (Å²) >= 11 is 0. The average Bonchev–Trinajstić information content (AvgIpc) is 2.30. The van der Waals surface area contributed by atoms with E-state index in [0.29, 0.717) is 0 Å². The summed E-state index contributed by atoms with van der Waals surface area (Å²) in [5.74, 6) is 0.341. The zero-order valence-electron chi connectivity index (χ0n) is 6.71. The van der Waals surface area contributed by atoms with E-state index in [1.807, 2.05) is 0 Å². The summed E-state index contributed by atoms with van der Waals surface area (Å²) < 4.78 is 0. The molecule has 1 aliphatic carbocycles. The van der Waals surface area contributed by atoms with Crippen LogP contribution in [0.5, 0.6) is 0 Å². The van der Waals surface area contributed by atoms with Crippen molar-refractivity contribution in [1.82, 2.24) is 5.01 Å². The van der Waals surface area contributed by atoms with Crippen LogP contribution >= 0.6 is 0 Å². The average molecular weight is 152 g/mol. The van der Waals surface area contributed by atoms with E-state index in [0.717, 1.165) is 18.6 Å². The van der Waals surface area contributed by atoms with Crippen molar-refractivity contribution >= 4 is 11.6 Å². The van der Waals surface area contributed by atoms with Gasteiger partial charge in [0.15, 0.2) is 0 Å². The molecule has 0 saturated heterocycles. The van der Waals surface area contributed by atoms with Gasteiger partial charge in [-0.2, -0.15) is 5.10 Å². The van der Waals surface area contributed by atoms with E-state index in [-0.39, 0.29) is 11.8 Å². The number of carbonyl (C=O) groups is 1. The quantitative estimate of drug-likeness (QED) is 0.509. The molecule has 1 aliphatic heterocycles. The van der Waals surface area contributed by atoms with Crippen molar-refractivity contribution in [2.45, 2.75) is 25.7 Å². The van der Waals surface area contributed by atoms with Crippen LogP contribution < -0.4 is 0 Å². The smallest absolute Gasteiger partial charge is 0.251 e. The predicted octanol–water partition coefficient (Wildman–Crippen LogP) is 1.00. The Morgan fingerprint density at radius 1 is 1.55 bits per heavy atom. The van der Waals surface area contributed by atoms with E-state index >= 15 is 0 Å². The normalized spacial score (nSPS) is 30.3. The Morgan fingerprint density at radius 2 is 2.36 bits per heavy atom. The van der Waals surface area contributed by atoms with E-state index in [4.69, 9.17) is 0 Å². The minimum absolute atomic E-state index is 0.147. The fourth-order valence-corrected chi connectivity index (χ4v) is 1.85. The van der Waals surface area contributed by atoms with E-state index in [2.05, 4.69) is 5.10 Å².